The molecule has 3 nitrogen and oxygen atoms in total. The van der Waals surface area contributed by atoms with Gasteiger partial charge in [0.05, 0.1) is 23.2 Å². The molecule has 3 aromatic rings. The van der Waals surface area contributed by atoms with Gasteiger partial charge in [0, 0.05) is 12.6 Å². The van der Waals surface area contributed by atoms with Crippen molar-refractivity contribution in [3.05, 3.63) is 54.5 Å². The summed E-state index contributed by atoms with van der Waals surface area (Å²) in [7, 11) is 2.01. The molecule has 0 amide bonds. The first-order valence-electron chi connectivity index (χ1n) is 7.31. The minimum Gasteiger partial charge on any atom is -0.334 e. The molecule has 0 radical (unpaired) electrons. The number of imidazole rings is 1. The van der Waals surface area contributed by atoms with Gasteiger partial charge in [-0.25, -0.2) is 9.97 Å². The van der Waals surface area contributed by atoms with Crippen molar-refractivity contribution in [3.8, 4) is 11.3 Å². The van der Waals surface area contributed by atoms with E-state index in [0.29, 0.717) is 5.92 Å². The van der Waals surface area contributed by atoms with Crippen molar-refractivity contribution in [1.29, 1.82) is 0 Å². The maximum Gasteiger partial charge on any atom is 0.115 e. The Morgan fingerprint density at radius 3 is 2.86 bits per heavy atom. The largest absolute Gasteiger partial charge is 0.334 e. The number of fused-ring (bicyclic) bond motifs is 1. The lowest BCUT2D eigenvalue weighted by Crippen LogP contribution is -1.95. The summed E-state index contributed by atoms with van der Waals surface area (Å²) in [5.74, 6) is 0.689. The summed E-state index contributed by atoms with van der Waals surface area (Å²) in [4.78, 5) is 9.34. The Bertz CT molecular complexity index is 841. The number of benzene rings is 1. The predicted molar refractivity (Wildman–Crippen MR) is 86.0 cm³/mol. The average molecular weight is 275 g/mol. The molecule has 4 rings (SSSR count). The second kappa shape index (κ2) is 4.55. The van der Waals surface area contributed by atoms with Crippen LogP contribution in [0.2, 0.25) is 0 Å². The lowest BCUT2D eigenvalue weighted by atomic mass is 9.99. The van der Waals surface area contributed by atoms with Crippen LogP contribution in [0.3, 0.4) is 0 Å². The van der Waals surface area contributed by atoms with Gasteiger partial charge >= 0.3 is 0 Å². The van der Waals surface area contributed by atoms with Gasteiger partial charge in [0.15, 0.2) is 0 Å². The number of pyridine rings is 1. The normalized spacial score (nSPS) is 14.5. The molecule has 1 aromatic carbocycles. The van der Waals surface area contributed by atoms with Crippen molar-refractivity contribution >= 4 is 17.1 Å². The van der Waals surface area contributed by atoms with E-state index < -0.39 is 0 Å². The minimum atomic E-state index is 0.689. The van der Waals surface area contributed by atoms with Crippen LogP contribution in [0.4, 0.5) is 0 Å². The smallest absolute Gasteiger partial charge is 0.115 e. The molecule has 1 aliphatic carbocycles. The molecular weight excluding hydrogens is 258 g/mol. The number of aryl methyl sites for hydroxylation is 1. The molecule has 1 saturated carbocycles. The molecule has 0 atom stereocenters. The zero-order chi connectivity index (χ0) is 14.4. The van der Waals surface area contributed by atoms with Crippen LogP contribution in [-0.4, -0.2) is 14.5 Å². The lowest BCUT2D eigenvalue weighted by molar-refractivity contribution is 0.947. The van der Waals surface area contributed by atoms with Gasteiger partial charge in [-0.3, -0.25) is 0 Å². The summed E-state index contributed by atoms with van der Waals surface area (Å²) in [6, 6.07) is 10.6. The molecule has 3 heteroatoms. The van der Waals surface area contributed by atoms with E-state index in [9.17, 15) is 0 Å². The molecule has 1 aliphatic rings. The predicted octanol–water partition coefficient (Wildman–Crippen LogP) is 4.16. The summed E-state index contributed by atoms with van der Waals surface area (Å²) < 4.78 is 2.03. The summed E-state index contributed by atoms with van der Waals surface area (Å²) in [6.45, 7) is 3.86. The van der Waals surface area contributed by atoms with Crippen LogP contribution in [0.1, 0.15) is 30.0 Å². The Kier molecular flexibility index (Phi) is 2.67. The third kappa shape index (κ3) is 1.97. The summed E-state index contributed by atoms with van der Waals surface area (Å²) >= 11 is 0. The van der Waals surface area contributed by atoms with E-state index >= 15 is 0 Å². The summed E-state index contributed by atoms with van der Waals surface area (Å²) in [5, 5.41) is 0. The molecule has 2 aromatic heterocycles. The number of rotatable bonds is 3. The Morgan fingerprint density at radius 1 is 1.29 bits per heavy atom. The van der Waals surface area contributed by atoms with Gasteiger partial charge < -0.3 is 4.57 Å². The molecule has 0 saturated heterocycles. The molecule has 21 heavy (non-hydrogen) atoms. The molecule has 104 valence electrons. The zero-order valence-corrected chi connectivity index (χ0v) is 12.1. The quantitative estimate of drug-likeness (QED) is 0.718. The highest BCUT2D eigenvalue weighted by Crippen LogP contribution is 2.44. The second-order valence-corrected chi connectivity index (χ2v) is 5.68. The Labute approximate surface area is 124 Å². The Balaban J connectivity index is 2.04. The number of hydrogen-bond acceptors (Lipinski definition) is 2. The minimum absolute atomic E-state index is 0.689. The van der Waals surface area contributed by atoms with E-state index in [4.69, 9.17) is 4.98 Å². The van der Waals surface area contributed by atoms with Crippen LogP contribution in [0.15, 0.2) is 43.2 Å². The van der Waals surface area contributed by atoms with E-state index in [2.05, 4.69) is 35.8 Å². The molecule has 0 bridgehead atoms. The molecule has 0 aliphatic heterocycles. The van der Waals surface area contributed by atoms with Gasteiger partial charge in [-0.1, -0.05) is 30.8 Å². The van der Waals surface area contributed by atoms with Crippen molar-refractivity contribution in [3.63, 3.8) is 0 Å². The third-order valence-electron chi connectivity index (χ3n) is 4.17. The first-order chi connectivity index (χ1) is 10.3. The van der Waals surface area contributed by atoms with Crippen LogP contribution in [0.5, 0.6) is 0 Å². The molecule has 0 spiro atoms. The SMILES string of the molecule is C=Cc1cc2c(ncn2C)c(-c2ccccc2C2CC2)n1. The van der Waals surface area contributed by atoms with Crippen LogP contribution in [-0.2, 0) is 7.05 Å². The molecular formula is C18H17N3. The Hall–Kier alpha value is -2.42. The first kappa shape index (κ1) is 12.3. The molecule has 0 N–H and O–H groups in total. The Morgan fingerprint density at radius 2 is 2.10 bits per heavy atom. The fraction of sp³-hybridized carbons (Fsp3) is 0.222. The fourth-order valence-corrected chi connectivity index (χ4v) is 2.90. The van der Waals surface area contributed by atoms with E-state index in [0.717, 1.165) is 22.4 Å². The van der Waals surface area contributed by atoms with E-state index in [1.807, 2.05) is 24.0 Å². The van der Waals surface area contributed by atoms with Crippen molar-refractivity contribution in [2.75, 3.05) is 0 Å². The number of nitrogens with zero attached hydrogens (tertiary/aromatic N) is 3. The van der Waals surface area contributed by atoms with Gasteiger partial charge in [-0.2, -0.15) is 0 Å². The summed E-state index contributed by atoms with van der Waals surface area (Å²) in [6.07, 6.45) is 6.21. The zero-order valence-electron chi connectivity index (χ0n) is 12.1. The van der Waals surface area contributed by atoms with Crippen molar-refractivity contribution in [2.45, 2.75) is 18.8 Å². The lowest BCUT2D eigenvalue weighted by Gasteiger charge is -2.10. The fourth-order valence-electron chi connectivity index (χ4n) is 2.90. The highest BCUT2D eigenvalue weighted by atomic mass is 15.0. The van der Waals surface area contributed by atoms with Crippen LogP contribution in [0, 0.1) is 0 Å². The van der Waals surface area contributed by atoms with Crippen LogP contribution < -0.4 is 0 Å². The van der Waals surface area contributed by atoms with Crippen LogP contribution >= 0.6 is 0 Å². The van der Waals surface area contributed by atoms with Crippen LogP contribution in [0.25, 0.3) is 28.4 Å². The van der Waals surface area contributed by atoms with E-state index in [1.54, 1.807) is 6.08 Å². The first-order valence-corrected chi connectivity index (χ1v) is 7.31. The highest BCUT2D eigenvalue weighted by Gasteiger charge is 2.27. The average Bonchev–Trinajstić information content (AvgIpc) is 3.31. The highest BCUT2D eigenvalue weighted by molar-refractivity contribution is 5.92. The standard InChI is InChI=1S/C18H17N3/c1-3-13-10-16-18(19-11-21(16)2)17(20-13)15-7-5-4-6-14(15)12-8-9-12/h3-7,10-12H,1,8-9H2,2H3. The molecule has 2 heterocycles. The monoisotopic (exact) mass is 275 g/mol. The van der Waals surface area contributed by atoms with Gasteiger partial charge in [-0.15, -0.1) is 0 Å². The van der Waals surface area contributed by atoms with Gasteiger partial charge in [0.2, 0.25) is 0 Å². The number of hydrogen-bond donors (Lipinski definition) is 0. The maximum absolute atomic E-state index is 4.78. The van der Waals surface area contributed by atoms with Gasteiger partial charge in [0.1, 0.15) is 5.52 Å². The van der Waals surface area contributed by atoms with Gasteiger partial charge in [-0.05, 0) is 36.5 Å². The summed E-state index contributed by atoms with van der Waals surface area (Å²) in [5.41, 5.74) is 6.56. The van der Waals surface area contributed by atoms with Crippen molar-refractivity contribution < 1.29 is 0 Å². The second-order valence-electron chi connectivity index (χ2n) is 5.68. The van der Waals surface area contributed by atoms with E-state index in [1.165, 1.54) is 24.0 Å². The van der Waals surface area contributed by atoms with Gasteiger partial charge in [0.25, 0.3) is 0 Å². The number of aromatic nitrogens is 3. The molecule has 1 fully saturated rings. The molecule has 0 unspecified atom stereocenters. The van der Waals surface area contributed by atoms with Crippen molar-refractivity contribution in [2.24, 2.45) is 7.05 Å². The third-order valence-corrected chi connectivity index (χ3v) is 4.17. The maximum atomic E-state index is 4.78. The topological polar surface area (TPSA) is 30.7 Å². The van der Waals surface area contributed by atoms with Crippen molar-refractivity contribution in [1.82, 2.24) is 14.5 Å². The van der Waals surface area contributed by atoms with E-state index in [-0.39, 0.29) is 0 Å².